The Bertz CT molecular complexity index is 1910. The quantitative estimate of drug-likeness (QED) is 0.0222. The highest BCUT2D eigenvalue weighted by atomic mass is 31.2. The summed E-state index contributed by atoms with van der Waals surface area (Å²) >= 11 is 0. The lowest BCUT2D eigenvalue weighted by Crippen LogP contribution is -2.30. The van der Waals surface area contributed by atoms with Crippen molar-refractivity contribution in [3.8, 4) is 0 Å². The molecule has 0 aliphatic carbocycles. The Labute approximate surface area is 607 Å². The van der Waals surface area contributed by atoms with E-state index in [0.717, 1.165) is 108 Å². The first-order valence-electron chi connectivity index (χ1n) is 41.6. The van der Waals surface area contributed by atoms with Crippen molar-refractivity contribution in [3.05, 3.63) is 0 Å². The highest BCUT2D eigenvalue weighted by Crippen LogP contribution is 2.45. The van der Waals surface area contributed by atoms with Gasteiger partial charge in [-0.05, 0) is 37.5 Å². The number of unbranched alkanes of at least 4 members (excludes halogenated alkanes) is 47. The number of phosphoric ester groups is 2. The standard InChI is InChI=1S/C80H156O17P2/c1-7-11-13-15-17-19-21-23-25-26-27-28-29-30-31-33-35-41-45-53-59-65-79(84)96-75(68-90-77(82)62-56-50-43-39-37-36-38-42-48-54-60-72(5)9-3)70-94-98(86,87)92-66-74(81)67-93-99(88,89)95-71-76(69-91-78(83)63-57-51-47-46-49-55-61-73(6)10-4)97-80(85)64-58-52-44-40-34-32-24-22-20-18-16-14-12-8-2/h72-76,81H,7-71H2,1-6H3,(H,86,87)(H,88,89)/t72?,73?,74-,75-,76-/m1/s1. The lowest BCUT2D eigenvalue weighted by atomic mass is 9.99. The smallest absolute Gasteiger partial charge is 0.462 e. The first-order valence-corrected chi connectivity index (χ1v) is 44.6. The molecule has 0 spiro atoms. The van der Waals surface area contributed by atoms with Crippen LogP contribution in [0.3, 0.4) is 0 Å². The highest BCUT2D eigenvalue weighted by Gasteiger charge is 2.30. The van der Waals surface area contributed by atoms with Crippen molar-refractivity contribution in [1.82, 2.24) is 0 Å². The van der Waals surface area contributed by atoms with E-state index in [-0.39, 0.29) is 25.7 Å². The minimum atomic E-state index is -4.96. The van der Waals surface area contributed by atoms with Gasteiger partial charge in [-0.25, -0.2) is 9.13 Å². The summed E-state index contributed by atoms with van der Waals surface area (Å²) in [7, 11) is -9.92. The van der Waals surface area contributed by atoms with Crippen LogP contribution in [0.5, 0.6) is 0 Å². The third-order valence-corrected chi connectivity index (χ3v) is 21.3. The van der Waals surface area contributed by atoms with Gasteiger partial charge in [0.25, 0.3) is 0 Å². The molecule has 0 saturated heterocycles. The van der Waals surface area contributed by atoms with Gasteiger partial charge in [0.1, 0.15) is 19.3 Å². The minimum absolute atomic E-state index is 0.107. The maximum atomic E-state index is 13.1. The Kier molecular flexibility index (Phi) is 70.3. The fourth-order valence-electron chi connectivity index (χ4n) is 12.3. The van der Waals surface area contributed by atoms with E-state index in [1.807, 2.05) is 0 Å². The third kappa shape index (κ3) is 71.5. The van der Waals surface area contributed by atoms with Gasteiger partial charge < -0.3 is 33.8 Å². The van der Waals surface area contributed by atoms with E-state index in [1.54, 1.807) is 0 Å². The van der Waals surface area contributed by atoms with E-state index >= 15 is 0 Å². The number of rotatable bonds is 79. The SMILES string of the molecule is CCCCCCCCCCCCCCCCCCCCCCCC(=O)O[C@H](COC(=O)CCCCCCCCCCCCC(C)CC)COP(=O)(O)OC[C@@H](O)COP(=O)(O)OC[C@@H](COC(=O)CCCCCCCCC(C)CC)OC(=O)CCCCCCCCCCCCCCCC. The zero-order valence-corrected chi connectivity index (χ0v) is 66.6. The van der Waals surface area contributed by atoms with Gasteiger partial charge in [-0.1, -0.05) is 369 Å². The summed E-state index contributed by atoms with van der Waals surface area (Å²) in [5.41, 5.74) is 0. The zero-order valence-electron chi connectivity index (χ0n) is 64.8. The molecule has 588 valence electrons. The summed E-state index contributed by atoms with van der Waals surface area (Å²) < 4.78 is 68.7. The van der Waals surface area contributed by atoms with Crippen molar-refractivity contribution in [2.45, 2.75) is 439 Å². The molecular weight excluding hydrogens is 1290 g/mol. The number of carbonyl (C=O) groups is 4. The predicted molar refractivity (Wildman–Crippen MR) is 405 cm³/mol. The summed E-state index contributed by atoms with van der Waals surface area (Å²) in [6, 6.07) is 0. The van der Waals surface area contributed by atoms with Crippen LogP contribution < -0.4 is 0 Å². The van der Waals surface area contributed by atoms with E-state index in [1.165, 1.54) is 231 Å². The molecule has 7 atom stereocenters. The van der Waals surface area contributed by atoms with Crippen LogP contribution in [0, 0.1) is 11.8 Å². The number of phosphoric acid groups is 2. The molecule has 4 unspecified atom stereocenters. The Morgan fingerprint density at radius 3 is 0.717 bits per heavy atom. The summed E-state index contributed by atoms with van der Waals surface area (Å²) in [6.45, 7) is 9.61. The molecule has 0 aliphatic heterocycles. The summed E-state index contributed by atoms with van der Waals surface area (Å²) in [5.74, 6) is -0.571. The van der Waals surface area contributed by atoms with E-state index in [9.17, 15) is 43.2 Å². The molecule has 0 bridgehead atoms. The van der Waals surface area contributed by atoms with Gasteiger partial charge in [0.15, 0.2) is 12.2 Å². The second-order valence-corrected chi connectivity index (χ2v) is 32.2. The van der Waals surface area contributed by atoms with E-state index in [2.05, 4.69) is 41.5 Å². The van der Waals surface area contributed by atoms with Crippen LogP contribution in [-0.2, 0) is 65.4 Å². The van der Waals surface area contributed by atoms with Crippen LogP contribution in [0.25, 0.3) is 0 Å². The van der Waals surface area contributed by atoms with Crippen molar-refractivity contribution in [3.63, 3.8) is 0 Å². The fraction of sp³-hybridized carbons (Fsp3) is 0.950. The third-order valence-electron chi connectivity index (χ3n) is 19.4. The Morgan fingerprint density at radius 2 is 0.485 bits per heavy atom. The molecule has 17 nitrogen and oxygen atoms in total. The number of hydrogen-bond donors (Lipinski definition) is 3. The highest BCUT2D eigenvalue weighted by molar-refractivity contribution is 7.47. The van der Waals surface area contributed by atoms with Crippen LogP contribution in [-0.4, -0.2) is 96.7 Å². The van der Waals surface area contributed by atoms with Gasteiger partial charge in [-0.3, -0.25) is 37.3 Å². The predicted octanol–water partition coefficient (Wildman–Crippen LogP) is 23.9. The molecule has 99 heavy (non-hydrogen) atoms. The largest absolute Gasteiger partial charge is 0.472 e. The van der Waals surface area contributed by atoms with Gasteiger partial charge >= 0.3 is 39.5 Å². The molecule has 0 amide bonds. The van der Waals surface area contributed by atoms with Crippen LogP contribution >= 0.6 is 15.6 Å². The molecule has 0 heterocycles. The lowest BCUT2D eigenvalue weighted by molar-refractivity contribution is -0.161. The monoisotopic (exact) mass is 1450 g/mol. The molecule has 0 rings (SSSR count). The lowest BCUT2D eigenvalue weighted by Gasteiger charge is -2.21. The Balaban J connectivity index is 5.22. The number of aliphatic hydroxyl groups is 1. The average molecular weight is 1450 g/mol. The number of ether oxygens (including phenoxy) is 4. The second kappa shape index (κ2) is 71.7. The first-order chi connectivity index (χ1) is 47.9. The average Bonchev–Trinajstić information content (AvgIpc) is 1.01. The van der Waals surface area contributed by atoms with Crippen molar-refractivity contribution < 1.29 is 80.2 Å². The van der Waals surface area contributed by atoms with E-state index in [0.29, 0.717) is 25.7 Å². The fourth-order valence-corrected chi connectivity index (χ4v) is 13.9. The molecular formula is C80H156O17P2. The molecule has 0 radical (unpaired) electrons. The van der Waals surface area contributed by atoms with Crippen LogP contribution in [0.4, 0.5) is 0 Å². The molecule has 0 aromatic carbocycles. The maximum absolute atomic E-state index is 13.1. The molecule has 0 aliphatic rings. The Morgan fingerprint density at radius 1 is 0.283 bits per heavy atom. The van der Waals surface area contributed by atoms with Crippen LogP contribution in [0.15, 0.2) is 0 Å². The van der Waals surface area contributed by atoms with Crippen LogP contribution in [0.2, 0.25) is 0 Å². The summed E-state index contributed by atoms with van der Waals surface area (Å²) in [5, 5.41) is 10.6. The maximum Gasteiger partial charge on any atom is 0.472 e. The molecule has 0 aromatic rings. The van der Waals surface area contributed by atoms with Crippen molar-refractivity contribution in [2.24, 2.45) is 11.8 Å². The minimum Gasteiger partial charge on any atom is -0.462 e. The van der Waals surface area contributed by atoms with Gasteiger partial charge in [0.2, 0.25) is 0 Å². The topological polar surface area (TPSA) is 237 Å². The number of aliphatic hydroxyl groups excluding tert-OH is 1. The van der Waals surface area contributed by atoms with Gasteiger partial charge in [-0.15, -0.1) is 0 Å². The Hall–Kier alpha value is -1.94. The number of esters is 4. The van der Waals surface area contributed by atoms with Crippen molar-refractivity contribution >= 4 is 39.5 Å². The zero-order chi connectivity index (χ0) is 72.8. The second-order valence-electron chi connectivity index (χ2n) is 29.3. The van der Waals surface area contributed by atoms with Gasteiger partial charge in [0, 0.05) is 25.7 Å². The van der Waals surface area contributed by atoms with Gasteiger partial charge in [0.05, 0.1) is 26.4 Å². The van der Waals surface area contributed by atoms with Crippen LogP contribution in [0.1, 0.15) is 420 Å². The van der Waals surface area contributed by atoms with E-state index < -0.39 is 97.5 Å². The first kappa shape index (κ1) is 97.1. The molecule has 3 N–H and O–H groups in total. The van der Waals surface area contributed by atoms with Gasteiger partial charge in [-0.2, -0.15) is 0 Å². The van der Waals surface area contributed by atoms with Crippen molar-refractivity contribution in [2.75, 3.05) is 39.6 Å². The number of carbonyl (C=O) groups excluding carboxylic acids is 4. The van der Waals surface area contributed by atoms with E-state index in [4.69, 9.17) is 37.0 Å². The summed E-state index contributed by atoms with van der Waals surface area (Å²) in [4.78, 5) is 73.0. The summed E-state index contributed by atoms with van der Waals surface area (Å²) in [6.07, 6.45) is 61.0. The normalized spacial score (nSPS) is 14.5. The van der Waals surface area contributed by atoms with Crippen molar-refractivity contribution in [1.29, 1.82) is 0 Å². The molecule has 0 saturated carbocycles. The molecule has 0 fully saturated rings. The molecule has 19 heteroatoms. The molecule has 0 aromatic heterocycles. The number of hydrogen-bond acceptors (Lipinski definition) is 15.